The number of aromatic nitrogens is 3. The third kappa shape index (κ3) is 2.12. The maximum atomic E-state index is 11.6. The minimum atomic E-state index is -0.0514. The van der Waals surface area contributed by atoms with Crippen molar-refractivity contribution in [3.8, 4) is 0 Å². The molecule has 0 amide bonds. The summed E-state index contributed by atoms with van der Waals surface area (Å²) in [5.41, 5.74) is -0.0514. The summed E-state index contributed by atoms with van der Waals surface area (Å²) in [6.45, 7) is 1.98. The average Bonchev–Trinajstić information content (AvgIpc) is 2.93. The second kappa shape index (κ2) is 4.47. The van der Waals surface area contributed by atoms with Crippen molar-refractivity contribution in [2.75, 3.05) is 0 Å². The van der Waals surface area contributed by atoms with Gasteiger partial charge >= 0.3 is 0 Å². The smallest absolute Gasteiger partial charge is 0.258 e. The summed E-state index contributed by atoms with van der Waals surface area (Å²) < 4.78 is 1.56. The molecule has 4 nitrogen and oxygen atoms in total. The van der Waals surface area contributed by atoms with Crippen molar-refractivity contribution in [2.45, 2.75) is 6.92 Å². The number of nitrogens with zero attached hydrogens (tertiary/aromatic N) is 3. The number of rotatable bonds is 2. The maximum Gasteiger partial charge on any atom is 0.258 e. The molecule has 0 aliphatic carbocycles. The van der Waals surface area contributed by atoms with Crippen molar-refractivity contribution in [1.82, 2.24) is 14.4 Å². The number of hydrogen-bond acceptors (Lipinski definition) is 5. The summed E-state index contributed by atoms with van der Waals surface area (Å²) in [6, 6.07) is 1.46. The Bertz CT molecular complexity index is 782. The Balaban J connectivity index is 1.98. The van der Waals surface area contributed by atoms with Gasteiger partial charge in [-0.25, -0.2) is 9.97 Å². The number of thiazole rings is 2. The highest BCUT2D eigenvalue weighted by atomic mass is 32.1. The van der Waals surface area contributed by atoms with Gasteiger partial charge in [0.25, 0.3) is 5.56 Å². The van der Waals surface area contributed by atoms with Crippen LogP contribution in [-0.4, -0.2) is 14.4 Å². The molecule has 18 heavy (non-hydrogen) atoms. The van der Waals surface area contributed by atoms with Crippen LogP contribution < -0.4 is 5.56 Å². The van der Waals surface area contributed by atoms with Crippen LogP contribution in [0.3, 0.4) is 0 Å². The van der Waals surface area contributed by atoms with Crippen molar-refractivity contribution < 1.29 is 0 Å². The number of fused-ring (bicyclic) bond motifs is 1. The van der Waals surface area contributed by atoms with E-state index in [2.05, 4.69) is 9.97 Å². The lowest BCUT2D eigenvalue weighted by Gasteiger charge is -1.85. The third-order valence-corrected chi connectivity index (χ3v) is 4.20. The van der Waals surface area contributed by atoms with Crippen LogP contribution in [0.25, 0.3) is 17.1 Å². The van der Waals surface area contributed by atoms with Crippen LogP contribution in [0.2, 0.25) is 0 Å². The van der Waals surface area contributed by atoms with Crippen LogP contribution in [-0.2, 0) is 0 Å². The molecular formula is C12H9N3OS2. The summed E-state index contributed by atoms with van der Waals surface area (Å²) >= 11 is 3.13. The fourth-order valence-corrected chi connectivity index (χ4v) is 3.10. The van der Waals surface area contributed by atoms with E-state index in [0.29, 0.717) is 4.96 Å². The highest BCUT2D eigenvalue weighted by Crippen LogP contribution is 2.19. The Morgan fingerprint density at radius 1 is 1.22 bits per heavy atom. The molecule has 0 spiro atoms. The molecule has 0 bridgehead atoms. The fourth-order valence-electron chi connectivity index (χ4n) is 1.55. The molecule has 0 unspecified atom stereocenters. The largest absolute Gasteiger partial charge is 0.269 e. The monoisotopic (exact) mass is 275 g/mol. The van der Waals surface area contributed by atoms with Crippen molar-refractivity contribution in [1.29, 1.82) is 0 Å². The van der Waals surface area contributed by atoms with Gasteiger partial charge in [-0.3, -0.25) is 9.20 Å². The first kappa shape index (κ1) is 11.3. The average molecular weight is 275 g/mol. The van der Waals surface area contributed by atoms with Gasteiger partial charge in [0, 0.05) is 34.4 Å². The second-order valence-corrected chi connectivity index (χ2v) is 5.99. The van der Waals surface area contributed by atoms with Gasteiger partial charge in [0.15, 0.2) is 4.96 Å². The lowest BCUT2D eigenvalue weighted by atomic mass is 10.4. The van der Waals surface area contributed by atoms with E-state index in [4.69, 9.17) is 0 Å². The molecule has 90 valence electrons. The predicted octanol–water partition coefficient (Wildman–Crippen LogP) is 2.69. The molecule has 0 aliphatic heterocycles. The molecule has 3 rings (SSSR count). The van der Waals surface area contributed by atoms with E-state index in [-0.39, 0.29) is 5.56 Å². The predicted molar refractivity (Wildman–Crippen MR) is 75.1 cm³/mol. The molecule has 3 aromatic rings. The van der Waals surface area contributed by atoms with Crippen LogP contribution in [0, 0.1) is 6.92 Å². The van der Waals surface area contributed by atoms with Crippen LogP contribution >= 0.6 is 22.7 Å². The standard InChI is InChI=1S/C12H9N3OS2/c1-8-14-6-9(17-8)2-3-10-7-15-11(16)4-5-13-12(15)18-10/h2-7H,1H3. The van der Waals surface area contributed by atoms with Crippen molar-refractivity contribution >= 4 is 39.8 Å². The highest BCUT2D eigenvalue weighted by Gasteiger charge is 2.01. The first-order valence-electron chi connectivity index (χ1n) is 5.30. The zero-order valence-corrected chi connectivity index (χ0v) is 11.2. The third-order valence-electron chi connectivity index (χ3n) is 2.36. The summed E-state index contributed by atoms with van der Waals surface area (Å²) in [5, 5.41) is 1.05. The quantitative estimate of drug-likeness (QED) is 0.722. The molecule has 0 saturated carbocycles. The molecule has 0 saturated heterocycles. The van der Waals surface area contributed by atoms with E-state index in [9.17, 15) is 4.79 Å². The van der Waals surface area contributed by atoms with Crippen molar-refractivity contribution in [3.05, 3.63) is 49.8 Å². The summed E-state index contributed by atoms with van der Waals surface area (Å²) in [4.78, 5) is 22.7. The van der Waals surface area contributed by atoms with Crippen molar-refractivity contribution in [2.24, 2.45) is 0 Å². The lowest BCUT2D eigenvalue weighted by Crippen LogP contribution is -2.09. The van der Waals surface area contributed by atoms with Gasteiger partial charge in [0.05, 0.1) is 5.01 Å². The maximum absolute atomic E-state index is 11.6. The summed E-state index contributed by atoms with van der Waals surface area (Å²) in [7, 11) is 0. The van der Waals surface area contributed by atoms with Crippen LogP contribution in [0.4, 0.5) is 0 Å². The van der Waals surface area contributed by atoms with Crippen LogP contribution in [0.1, 0.15) is 14.8 Å². The van der Waals surface area contributed by atoms with Gasteiger partial charge in [-0.2, -0.15) is 0 Å². The van der Waals surface area contributed by atoms with E-state index >= 15 is 0 Å². The normalized spacial score (nSPS) is 11.6. The Kier molecular flexibility index (Phi) is 2.81. The molecule has 0 N–H and O–H groups in total. The zero-order valence-electron chi connectivity index (χ0n) is 9.53. The molecule has 6 heteroatoms. The van der Waals surface area contributed by atoms with E-state index < -0.39 is 0 Å². The Hall–Kier alpha value is -1.79. The SMILES string of the molecule is Cc1ncc(C=Cc2cn3c(=O)ccnc3s2)s1. The zero-order chi connectivity index (χ0) is 12.5. The topological polar surface area (TPSA) is 47.3 Å². The van der Waals surface area contributed by atoms with E-state index in [1.807, 2.05) is 25.3 Å². The van der Waals surface area contributed by atoms with Gasteiger partial charge in [-0.15, -0.1) is 11.3 Å². The highest BCUT2D eigenvalue weighted by molar-refractivity contribution is 7.18. The Morgan fingerprint density at radius 2 is 2.06 bits per heavy atom. The first-order chi connectivity index (χ1) is 8.72. The van der Waals surface area contributed by atoms with Crippen molar-refractivity contribution in [3.63, 3.8) is 0 Å². The number of aryl methyl sites for hydroxylation is 1. The van der Waals surface area contributed by atoms with E-state index in [1.165, 1.54) is 23.6 Å². The van der Waals surface area contributed by atoms with Crippen LogP contribution in [0.5, 0.6) is 0 Å². The van der Waals surface area contributed by atoms with Gasteiger partial charge in [0.1, 0.15) is 0 Å². The molecule has 0 aliphatic rings. The minimum absolute atomic E-state index is 0.0514. The van der Waals surface area contributed by atoms with Gasteiger partial charge < -0.3 is 0 Å². The van der Waals surface area contributed by atoms with E-state index in [1.54, 1.807) is 21.9 Å². The Morgan fingerprint density at radius 3 is 2.78 bits per heavy atom. The molecule has 3 heterocycles. The summed E-state index contributed by atoms with van der Waals surface area (Å²) in [5.74, 6) is 0. The van der Waals surface area contributed by atoms with E-state index in [0.717, 1.165) is 14.8 Å². The fraction of sp³-hybridized carbons (Fsp3) is 0.0833. The molecule has 0 fully saturated rings. The Labute approximate surface area is 111 Å². The summed E-state index contributed by atoms with van der Waals surface area (Å²) in [6.07, 6.45) is 9.16. The minimum Gasteiger partial charge on any atom is -0.269 e. The molecule has 0 atom stereocenters. The molecule has 3 aromatic heterocycles. The van der Waals surface area contributed by atoms with Gasteiger partial charge in [0.2, 0.25) is 0 Å². The number of hydrogen-bond donors (Lipinski definition) is 0. The van der Waals surface area contributed by atoms with Gasteiger partial charge in [-0.05, 0) is 19.1 Å². The van der Waals surface area contributed by atoms with Gasteiger partial charge in [-0.1, -0.05) is 11.3 Å². The first-order valence-corrected chi connectivity index (χ1v) is 6.93. The second-order valence-electron chi connectivity index (χ2n) is 3.68. The van der Waals surface area contributed by atoms with Crippen LogP contribution in [0.15, 0.2) is 29.5 Å². The molecule has 0 aromatic carbocycles. The lowest BCUT2D eigenvalue weighted by molar-refractivity contribution is 1.08. The molecule has 0 radical (unpaired) electrons. The molecular weight excluding hydrogens is 266 g/mol.